The number of rotatable bonds is 5. The van der Waals surface area contributed by atoms with E-state index >= 15 is 0 Å². The smallest absolute Gasteiger partial charge is 0.317 e. The summed E-state index contributed by atoms with van der Waals surface area (Å²) in [4.78, 5) is 27.5. The van der Waals surface area contributed by atoms with E-state index in [-0.39, 0.29) is 17.9 Å². The van der Waals surface area contributed by atoms with Gasteiger partial charge in [-0.1, -0.05) is 12.1 Å². The lowest BCUT2D eigenvalue weighted by molar-refractivity contribution is 0.189. The number of hydrogen-bond donors (Lipinski definition) is 1. The van der Waals surface area contributed by atoms with Crippen LogP contribution in [-0.4, -0.2) is 72.6 Å². The topological polar surface area (TPSA) is 64.6 Å². The van der Waals surface area contributed by atoms with Crippen LogP contribution in [-0.2, 0) is 0 Å². The maximum Gasteiger partial charge on any atom is 0.317 e. The molecule has 7 nitrogen and oxygen atoms in total. The van der Waals surface area contributed by atoms with E-state index in [1.54, 1.807) is 23.7 Å². The van der Waals surface area contributed by atoms with Crippen LogP contribution in [0.3, 0.4) is 0 Å². The highest BCUT2D eigenvalue weighted by molar-refractivity contribution is 7.17. The molecule has 3 aromatic rings. The number of amides is 2. The number of aromatic nitrogens is 2. The van der Waals surface area contributed by atoms with Crippen molar-refractivity contribution in [2.75, 3.05) is 51.7 Å². The van der Waals surface area contributed by atoms with E-state index in [9.17, 15) is 9.18 Å². The van der Waals surface area contributed by atoms with Crippen molar-refractivity contribution in [3.8, 4) is 0 Å². The maximum absolute atomic E-state index is 13.6. The highest BCUT2D eigenvalue weighted by Crippen LogP contribution is 2.28. The van der Waals surface area contributed by atoms with E-state index in [0.29, 0.717) is 19.6 Å². The van der Waals surface area contributed by atoms with Crippen molar-refractivity contribution >= 4 is 33.4 Å². The number of nitrogens with zero attached hydrogens (tertiary/aromatic N) is 5. The molecule has 1 aliphatic heterocycles. The fraction of sp³-hybridized carbons (Fsp3) is 0.381. The molecule has 1 unspecified atom stereocenters. The number of thiophene rings is 1. The summed E-state index contributed by atoms with van der Waals surface area (Å²) in [6, 6.07) is 8.32. The molecule has 0 aliphatic carbocycles. The van der Waals surface area contributed by atoms with Crippen LogP contribution in [0.4, 0.5) is 15.0 Å². The number of piperazine rings is 1. The van der Waals surface area contributed by atoms with Crippen molar-refractivity contribution in [2.45, 2.75) is 6.04 Å². The molecule has 158 valence electrons. The molecule has 3 heterocycles. The normalized spacial score (nSPS) is 15.6. The van der Waals surface area contributed by atoms with E-state index in [2.05, 4.69) is 20.2 Å². The van der Waals surface area contributed by atoms with Crippen molar-refractivity contribution in [1.82, 2.24) is 25.1 Å². The van der Waals surface area contributed by atoms with Crippen molar-refractivity contribution in [2.24, 2.45) is 0 Å². The Hall–Kier alpha value is -2.78. The summed E-state index contributed by atoms with van der Waals surface area (Å²) in [5.41, 5.74) is 1.80. The molecule has 0 saturated carbocycles. The molecule has 1 N–H and O–H groups in total. The molecular weight excluding hydrogens is 403 g/mol. The third kappa shape index (κ3) is 4.36. The first-order chi connectivity index (χ1) is 14.5. The van der Waals surface area contributed by atoms with Gasteiger partial charge < -0.3 is 20.0 Å². The van der Waals surface area contributed by atoms with Gasteiger partial charge in [0, 0.05) is 32.7 Å². The van der Waals surface area contributed by atoms with Crippen LogP contribution in [0.5, 0.6) is 0 Å². The largest absolute Gasteiger partial charge is 0.352 e. The predicted molar refractivity (Wildman–Crippen MR) is 117 cm³/mol. The third-order valence-electron chi connectivity index (χ3n) is 5.39. The summed E-state index contributed by atoms with van der Waals surface area (Å²) < 4.78 is 14.7. The Kier molecular flexibility index (Phi) is 6.10. The molecule has 1 aromatic carbocycles. The zero-order valence-corrected chi connectivity index (χ0v) is 17.9. The zero-order chi connectivity index (χ0) is 21.1. The lowest BCUT2D eigenvalue weighted by Crippen LogP contribution is -2.52. The van der Waals surface area contributed by atoms with Crippen LogP contribution in [0.25, 0.3) is 10.2 Å². The Labute approximate surface area is 179 Å². The number of halogens is 1. The number of carbonyl (C=O) groups is 1. The minimum Gasteiger partial charge on any atom is -0.352 e. The molecule has 0 bridgehead atoms. The van der Waals surface area contributed by atoms with Gasteiger partial charge in [-0.3, -0.25) is 0 Å². The van der Waals surface area contributed by atoms with E-state index in [1.807, 2.05) is 41.4 Å². The first-order valence-electron chi connectivity index (χ1n) is 9.91. The minimum absolute atomic E-state index is 0.0955. The number of carbonyl (C=O) groups excluding carboxylic acids is 1. The van der Waals surface area contributed by atoms with Crippen LogP contribution >= 0.6 is 11.3 Å². The minimum atomic E-state index is -0.272. The Morgan fingerprint density at radius 2 is 2.03 bits per heavy atom. The van der Waals surface area contributed by atoms with Crippen molar-refractivity contribution in [3.63, 3.8) is 0 Å². The van der Waals surface area contributed by atoms with Gasteiger partial charge in [0.2, 0.25) is 0 Å². The fourth-order valence-corrected chi connectivity index (χ4v) is 4.59. The molecule has 1 atom stereocenters. The van der Waals surface area contributed by atoms with E-state index < -0.39 is 0 Å². The quantitative estimate of drug-likeness (QED) is 0.677. The van der Waals surface area contributed by atoms with Gasteiger partial charge in [0.1, 0.15) is 18.0 Å². The lowest BCUT2D eigenvalue weighted by atomic mass is 10.1. The summed E-state index contributed by atoms with van der Waals surface area (Å²) in [6.07, 6.45) is 1.59. The second-order valence-electron chi connectivity index (χ2n) is 7.53. The molecule has 4 rings (SSSR count). The van der Waals surface area contributed by atoms with E-state index in [4.69, 9.17) is 0 Å². The van der Waals surface area contributed by atoms with E-state index in [0.717, 1.165) is 34.7 Å². The third-order valence-corrected chi connectivity index (χ3v) is 6.29. The van der Waals surface area contributed by atoms with Gasteiger partial charge in [0.25, 0.3) is 0 Å². The average Bonchev–Trinajstić information content (AvgIpc) is 3.23. The van der Waals surface area contributed by atoms with Gasteiger partial charge in [-0.15, -0.1) is 11.3 Å². The summed E-state index contributed by atoms with van der Waals surface area (Å²) in [5, 5.41) is 5.03. The molecular formula is C21H25FN6OS. The predicted octanol–water partition coefficient (Wildman–Crippen LogP) is 2.96. The molecule has 1 fully saturated rings. The Balaban J connectivity index is 1.34. The van der Waals surface area contributed by atoms with Crippen LogP contribution in [0, 0.1) is 5.82 Å². The number of urea groups is 1. The van der Waals surface area contributed by atoms with Crippen molar-refractivity contribution < 1.29 is 9.18 Å². The van der Waals surface area contributed by atoms with Crippen molar-refractivity contribution in [1.29, 1.82) is 0 Å². The molecule has 2 aromatic heterocycles. The first-order valence-corrected chi connectivity index (χ1v) is 10.8. The van der Waals surface area contributed by atoms with Crippen LogP contribution < -0.4 is 10.2 Å². The van der Waals surface area contributed by atoms with Gasteiger partial charge in [-0.05, 0) is 43.2 Å². The lowest BCUT2D eigenvalue weighted by Gasteiger charge is -2.36. The van der Waals surface area contributed by atoms with Crippen molar-refractivity contribution in [3.05, 3.63) is 53.4 Å². The van der Waals surface area contributed by atoms with Gasteiger partial charge >= 0.3 is 6.03 Å². The molecule has 0 spiro atoms. The van der Waals surface area contributed by atoms with Crippen LogP contribution in [0.15, 0.2) is 42.0 Å². The summed E-state index contributed by atoms with van der Waals surface area (Å²) >= 11 is 1.64. The Morgan fingerprint density at radius 1 is 1.23 bits per heavy atom. The Bertz CT molecular complexity index is 1020. The summed E-state index contributed by atoms with van der Waals surface area (Å²) in [6.45, 7) is 3.10. The number of likely N-dealkylation sites (N-methyl/N-ethyl adjacent to an activating group) is 1. The number of hydrogen-bond acceptors (Lipinski definition) is 6. The zero-order valence-electron chi connectivity index (χ0n) is 17.1. The van der Waals surface area contributed by atoms with Crippen LogP contribution in [0.2, 0.25) is 0 Å². The molecule has 1 aliphatic rings. The number of benzene rings is 1. The molecule has 9 heteroatoms. The highest BCUT2D eigenvalue weighted by atomic mass is 32.1. The second kappa shape index (κ2) is 8.93. The SMILES string of the molecule is CN(C)C(CNC(=O)N1CCN(c2ncnc3ccsc23)CC1)c1cccc(F)c1. The average molecular weight is 429 g/mol. The first kappa shape index (κ1) is 20.5. The molecule has 1 saturated heterocycles. The van der Waals surface area contributed by atoms with Gasteiger partial charge in [-0.25, -0.2) is 19.2 Å². The fourth-order valence-electron chi connectivity index (χ4n) is 3.73. The number of anilines is 1. The maximum atomic E-state index is 13.6. The van der Waals surface area contributed by atoms with E-state index in [1.165, 1.54) is 12.1 Å². The van der Waals surface area contributed by atoms with Crippen LogP contribution in [0.1, 0.15) is 11.6 Å². The molecule has 30 heavy (non-hydrogen) atoms. The molecule has 2 amide bonds. The van der Waals surface area contributed by atoms with Gasteiger partial charge in [0.05, 0.1) is 16.3 Å². The standard InChI is InChI=1S/C21H25FN6OS/c1-26(2)18(15-4-3-5-16(22)12-15)13-23-21(29)28-9-7-27(8-10-28)20-19-17(6-11-30-19)24-14-25-20/h3-6,11-12,14,18H,7-10,13H2,1-2H3,(H,23,29). The monoisotopic (exact) mass is 428 g/mol. The highest BCUT2D eigenvalue weighted by Gasteiger charge is 2.24. The number of fused-ring (bicyclic) bond motifs is 1. The number of nitrogens with one attached hydrogen (secondary N) is 1. The Morgan fingerprint density at radius 3 is 2.77 bits per heavy atom. The van der Waals surface area contributed by atoms with Gasteiger partial charge in [-0.2, -0.15) is 0 Å². The summed E-state index contributed by atoms with van der Waals surface area (Å²) in [7, 11) is 3.85. The summed E-state index contributed by atoms with van der Waals surface area (Å²) in [5.74, 6) is 0.667. The molecule has 0 radical (unpaired) electrons. The second-order valence-corrected chi connectivity index (χ2v) is 8.44. The van der Waals surface area contributed by atoms with Gasteiger partial charge in [0.15, 0.2) is 0 Å².